The van der Waals surface area contributed by atoms with E-state index in [-0.39, 0.29) is 6.61 Å². The molecular formula is C24H29NO6. The van der Waals surface area contributed by atoms with Crippen molar-refractivity contribution >= 4 is 17.7 Å². The zero-order chi connectivity index (χ0) is 22.1. The molecule has 1 aliphatic rings. The number of carbonyl (C=O) groups excluding carboxylic acids is 1. The highest BCUT2D eigenvalue weighted by molar-refractivity contribution is 5.85. The van der Waals surface area contributed by atoms with Gasteiger partial charge in [-0.25, -0.2) is 9.59 Å². The molecule has 7 nitrogen and oxygen atoms in total. The Morgan fingerprint density at radius 2 is 1.61 bits per heavy atom. The second kappa shape index (κ2) is 11.4. The smallest absolute Gasteiger partial charge is 0.411 e. The van der Waals surface area contributed by atoms with Crippen LogP contribution in [-0.2, 0) is 14.3 Å². The van der Waals surface area contributed by atoms with Gasteiger partial charge in [-0.1, -0.05) is 30.3 Å². The van der Waals surface area contributed by atoms with Gasteiger partial charge in [0.25, 0.3) is 0 Å². The van der Waals surface area contributed by atoms with Crippen LogP contribution in [0.5, 0.6) is 5.75 Å². The number of carbonyl (C=O) groups is 2. The van der Waals surface area contributed by atoms with Crippen LogP contribution in [0.1, 0.15) is 25.7 Å². The van der Waals surface area contributed by atoms with E-state index in [0.717, 1.165) is 42.6 Å². The number of nitrogens with one attached hydrogen (secondary N) is 1. The molecule has 2 aromatic carbocycles. The number of amides is 1. The second-order valence-corrected chi connectivity index (χ2v) is 7.80. The lowest BCUT2D eigenvalue weighted by molar-refractivity contribution is -0.142. The van der Waals surface area contributed by atoms with E-state index in [1.54, 1.807) is 7.11 Å². The highest BCUT2D eigenvalue weighted by Gasteiger charge is 2.22. The van der Waals surface area contributed by atoms with Crippen molar-refractivity contribution < 1.29 is 28.9 Å². The van der Waals surface area contributed by atoms with Crippen LogP contribution in [0.3, 0.4) is 0 Å². The van der Waals surface area contributed by atoms with Crippen LogP contribution in [0.4, 0.5) is 10.5 Å². The summed E-state index contributed by atoms with van der Waals surface area (Å²) < 4.78 is 16.0. The lowest BCUT2D eigenvalue weighted by Gasteiger charge is -2.27. The van der Waals surface area contributed by atoms with E-state index in [2.05, 4.69) is 5.32 Å². The fraction of sp³-hybridized carbons (Fsp3) is 0.417. The third kappa shape index (κ3) is 7.00. The van der Waals surface area contributed by atoms with Gasteiger partial charge >= 0.3 is 12.1 Å². The summed E-state index contributed by atoms with van der Waals surface area (Å²) in [5, 5.41) is 11.4. The first-order valence-electron chi connectivity index (χ1n) is 10.5. The molecule has 0 aromatic heterocycles. The maximum atomic E-state index is 12.2. The predicted molar refractivity (Wildman–Crippen MR) is 117 cm³/mol. The first-order chi connectivity index (χ1) is 15.0. The number of para-hydroxylation sites is 1. The molecule has 0 unspecified atom stereocenters. The van der Waals surface area contributed by atoms with Gasteiger partial charge in [0.2, 0.25) is 0 Å². The summed E-state index contributed by atoms with van der Waals surface area (Å²) in [4.78, 5) is 22.6. The summed E-state index contributed by atoms with van der Waals surface area (Å²) in [6.07, 6.45) is 3.35. The number of rotatable bonds is 9. The third-order valence-electron chi connectivity index (χ3n) is 5.54. The van der Waals surface area contributed by atoms with Gasteiger partial charge < -0.3 is 19.3 Å². The number of methoxy groups -OCH3 is 1. The fourth-order valence-electron chi connectivity index (χ4n) is 3.84. The monoisotopic (exact) mass is 427 g/mol. The van der Waals surface area contributed by atoms with Gasteiger partial charge in [-0.2, -0.15) is 0 Å². The minimum absolute atomic E-state index is 0.247. The maximum absolute atomic E-state index is 12.2. The zero-order valence-corrected chi connectivity index (χ0v) is 17.7. The summed E-state index contributed by atoms with van der Waals surface area (Å²) in [5.74, 6) is 0.564. The molecule has 1 fully saturated rings. The molecule has 1 aliphatic carbocycles. The topological polar surface area (TPSA) is 94.1 Å². The number of anilines is 1. The van der Waals surface area contributed by atoms with Gasteiger partial charge in [-0.3, -0.25) is 5.32 Å². The molecule has 0 saturated heterocycles. The molecule has 1 saturated carbocycles. The SMILES string of the molecule is COc1ccccc1-c1ccc(NC(=O)OCC2CCC(COCC(=O)O)CC2)cc1. The first-order valence-corrected chi connectivity index (χ1v) is 10.5. The van der Waals surface area contributed by atoms with Crippen molar-refractivity contribution in [1.82, 2.24) is 0 Å². The van der Waals surface area contributed by atoms with Crippen LogP contribution in [0, 0.1) is 11.8 Å². The number of hydrogen-bond donors (Lipinski definition) is 2. The lowest BCUT2D eigenvalue weighted by Crippen LogP contribution is -2.25. The van der Waals surface area contributed by atoms with Crippen LogP contribution in [0.15, 0.2) is 48.5 Å². The Hall–Kier alpha value is -3.06. The van der Waals surface area contributed by atoms with Gasteiger partial charge in [0.15, 0.2) is 0 Å². The van der Waals surface area contributed by atoms with Crippen LogP contribution in [0.25, 0.3) is 11.1 Å². The summed E-state index contributed by atoms with van der Waals surface area (Å²) in [5.41, 5.74) is 2.66. The summed E-state index contributed by atoms with van der Waals surface area (Å²) in [6, 6.07) is 15.3. The lowest BCUT2D eigenvalue weighted by atomic mass is 9.83. The van der Waals surface area contributed by atoms with Crippen molar-refractivity contribution in [2.24, 2.45) is 11.8 Å². The van der Waals surface area contributed by atoms with Gasteiger partial charge in [0.1, 0.15) is 12.4 Å². The summed E-state index contributed by atoms with van der Waals surface area (Å²) >= 11 is 0. The average Bonchev–Trinajstić information content (AvgIpc) is 2.79. The maximum Gasteiger partial charge on any atom is 0.411 e. The van der Waals surface area contributed by atoms with Gasteiger partial charge in [-0.15, -0.1) is 0 Å². The molecule has 0 aliphatic heterocycles. The number of carboxylic acid groups (broad SMARTS) is 1. The largest absolute Gasteiger partial charge is 0.496 e. The van der Waals surface area contributed by atoms with Crippen molar-refractivity contribution in [3.05, 3.63) is 48.5 Å². The quantitative estimate of drug-likeness (QED) is 0.596. The van der Waals surface area contributed by atoms with E-state index in [0.29, 0.717) is 30.7 Å². The molecule has 166 valence electrons. The molecule has 31 heavy (non-hydrogen) atoms. The van der Waals surface area contributed by atoms with E-state index < -0.39 is 12.1 Å². The molecule has 0 radical (unpaired) electrons. The summed E-state index contributed by atoms with van der Waals surface area (Å²) in [7, 11) is 1.64. The first kappa shape index (κ1) is 22.6. The minimum Gasteiger partial charge on any atom is -0.496 e. The van der Waals surface area contributed by atoms with Gasteiger partial charge in [0.05, 0.1) is 20.3 Å². The van der Waals surface area contributed by atoms with Gasteiger partial charge in [0, 0.05) is 11.3 Å². The zero-order valence-electron chi connectivity index (χ0n) is 17.7. The average molecular weight is 427 g/mol. The minimum atomic E-state index is -0.942. The molecule has 0 atom stereocenters. The number of aliphatic carboxylic acids is 1. The molecule has 7 heteroatoms. The van der Waals surface area contributed by atoms with E-state index in [4.69, 9.17) is 19.3 Å². The number of ether oxygens (including phenoxy) is 3. The van der Waals surface area contributed by atoms with E-state index in [1.165, 1.54) is 0 Å². The van der Waals surface area contributed by atoms with Crippen molar-refractivity contribution in [1.29, 1.82) is 0 Å². The van der Waals surface area contributed by atoms with Crippen molar-refractivity contribution in [3.63, 3.8) is 0 Å². The van der Waals surface area contributed by atoms with Crippen LogP contribution in [-0.4, -0.2) is 44.1 Å². The van der Waals surface area contributed by atoms with Crippen molar-refractivity contribution in [2.75, 3.05) is 32.2 Å². The van der Waals surface area contributed by atoms with Crippen LogP contribution < -0.4 is 10.1 Å². The second-order valence-electron chi connectivity index (χ2n) is 7.80. The Labute approximate surface area is 182 Å². The normalized spacial score (nSPS) is 18.2. The molecule has 0 heterocycles. The van der Waals surface area contributed by atoms with E-state index in [9.17, 15) is 9.59 Å². The highest BCUT2D eigenvalue weighted by atomic mass is 16.5. The fourth-order valence-corrected chi connectivity index (χ4v) is 3.84. The van der Waals surface area contributed by atoms with Gasteiger partial charge in [-0.05, 0) is 61.3 Å². The molecule has 3 rings (SSSR count). The van der Waals surface area contributed by atoms with Crippen molar-refractivity contribution in [2.45, 2.75) is 25.7 Å². The van der Waals surface area contributed by atoms with Crippen LogP contribution in [0.2, 0.25) is 0 Å². The number of hydrogen-bond acceptors (Lipinski definition) is 5. The Balaban J connectivity index is 1.40. The molecule has 2 N–H and O–H groups in total. The Kier molecular flexibility index (Phi) is 8.29. The Bertz CT molecular complexity index is 859. The molecule has 1 amide bonds. The molecule has 0 spiro atoms. The van der Waals surface area contributed by atoms with Crippen LogP contribution >= 0.6 is 0 Å². The van der Waals surface area contributed by atoms with E-state index >= 15 is 0 Å². The molecule has 2 aromatic rings. The Morgan fingerprint density at radius 1 is 0.968 bits per heavy atom. The number of carboxylic acids is 1. The summed E-state index contributed by atoms with van der Waals surface area (Å²) in [6.45, 7) is 0.613. The molecular weight excluding hydrogens is 398 g/mol. The third-order valence-corrected chi connectivity index (χ3v) is 5.54. The standard InChI is InChI=1S/C24H29NO6/c1-29-22-5-3-2-4-21(22)19-10-12-20(13-11-19)25-24(28)31-15-18-8-6-17(7-9-18)14-30-16-23(26)27/h2-5,10-13,17-18H,6-9,14-16H2,1H3,(H,25,28)(H,26,27). The van der Waals surface area contributed by atoms with E-state index in [1.807, 2.05) is 48.5 Å². The van der Waals surface area contributed by atoms with Crippen molar-refractivity contribution in [3.8, 4) is 16.9 Å². The molecule has 0 bridgehead atoms. The Morgan fingerprint density at radius 3 is 2.26 bits per heavy atom. The number of benzene rings is 2. The predicted octanol–water partition coefficient (Wildman–Crippen LogP) is 4.82. The highest BCUT2D eigenvalue weighted by Crippen LogP contribution is 2.31.